The Labute approximate surface area is 97.2 Å². The van der Waals surface area contributed by atoms with Crippen molar-refractivity contribution in [2.24, 2.45) is 5.92 Å². The Bertz CT molecular complexity index is 202. The predicted molar refractivity (Wildman–Crippen MR) is 66.4 cm³/mol. The molecule has 2 atom stereocenters. The molecular formula is C12H22N2S. The topological polar surface area (TPSA) is 15.3 Å². The minimum atomic E-state index is 0.827. The molecular weight excluding hydrogens is 204 g/mol. The molecule has 86 valence electrons. The van der Waals surface area contributed by atoms with Gasteiger partial charge < -0.3 is 5.32 Å². The van der Waals surface area contributed by atoms with Crippen LogP contribution >= 0.6 is 11.8 Å². The lowest BCUT2D eigenvalue weighted by Gasteiger charge is -2.30. The quantitative estimate of drug-likeness (QED) is 0.730. The molecule has 15 heavy (non-hydrogen) atoms. The molecule has 0 bridgehead atoms. The largest absolute Gasteiger partial charge is 0.312 e. The molecule has 3 saturated heterocycles. The first-order valence-electron chi connectivity index (χ1n) is 6.48. The van der Waals surface area contributed by atoms with E-state index in [0.29, 0.717) is 0 Å². The Morgan fingerprint density at radius 2 is 1.93 bits per heavy atom. The zero-order valence-corrected chi connectivity index (χ0v) is 10.3. The molecule has 0 saturated carbocycles. The summed E-state index contributed by atoms with van der Waals surface area (Å²) in [5.41, 5.74) is 0. The maximum atomic E-state index is 3.70. The predicted octanol–water partition coefficient (Wildman–Crippen LogP) is 1.57. The van der Waals surface area contributed by atoms with Crippen molar-refractivity contribution in [1.29, 1.82) is 0 Å². The summed E-state index contributed by atoms with van der Waals surface area (Å²) in [5.74, 6) is 3.75. The van der Waals surface area contributed by atoms with Crippen LogP contribution in [-0.4, -0.2) is 48.1 Å². The number of rotatable bonds is 1. The van der Waals surface area contributed by atoms with E-state index < -0.39 is 0 Å². The molecule has 3 aliphatic heterocycles. The standard InChI is InChI=1S/C12H22N2S/c1-2-10-8-14(9-12(10)13-5-1)11-3-6-15-7-4-11/h10-13H,1-9H2. The number of likely N-dealkylation sites (tertiary alicyclic amines) is 1. The van der Waals surface area contributed by atoms with Gasteiger partial charge in [0.15, 0.2) is 0 Å². The van der Waals surface area contributed by atoms with Crippen LogP contribution in [0.1, 0.15) is 25.7 Å². The van der Waals surface area contributed by atoms with Gasteiger partial charge in [-0.05, 0) is 49.7 Å². The third kappa shape index (κ3) is 2.20. The number of hydrogen-bond acceptors (Lipinski definition) is 3. The average molecular weight is 226 g/mol. The molecule has 0 radical (unpaired) electrons. The summed E-state index contributed by atoms with van der Waals surface area (Å²) in [4.78, 5) is 2.79. The Morgan fingerprint density at radius 1 is 1.07 bits per heavy atom. The smallest absolute Gasteiger partial charge is 0.0235 e. The Hall–Kier alpha value is 0.270. The normalized spacial score (nSPS) is 39.2. The third-order valence-corrected chi connectivity index (χ3v) is 5.38. The van der Waals surface area contributed by atoms with E-state index in [1.54, 1.807) is 0 Å². The fourth-order valence-corrected chi connectivity index (χ4v) is 4.51. The van der Waals surface area contributed by atoms with Crippen LogP contribution in [0.3, 0.4) is 0 Å². The molecule has 2 nitrogen and oxygen atoms in total. The van der Waals surface area contributed by atoms with E-state index in [1.165, 1.54) is 56.8 Å². The zero-order valence-electron chi connectivity index (χ0n) is 9.45. The zero-order chi connectivity index (χ0) is 10.1. The van der Waals surface area contributed by atoms with Crippen molar-refractivity contribution in [3.8, 4) is 0 Å². The van der Waals surface area contributed by atoms with Gasteiger partial charge in [0.1, 0.15) is 0 Å². The molecule has 1 N–H and O–H groups in total. The SMILES string of the molecule is C1CNC2CN(C3CCSCC3)CC2C1. The molecule has 3 heteroatoms. The number of hydrogen-bond donors (Lipinski definition) is 1. The molecule has 0 aliphatic carbocycles. The minimum Gasteiger partial charge on any atom is -0.312 e. The summed E-state index contributed by atoms with van der Waals surface area (Å²) in [6, 6.07) is 1.74. The van der Waals surface area contributed by atoms with E-state index >= 15 is 0 Å². The lowest BCUT2D eigenvalue weighted by molar-refractivity contribution is 0.220. The average Bonchev–Trinajstić information content (AvgIpc) is 2.74. The van der Waals surface area contributed by atoms with Crippen LogP contribution in [-0.2, 0) is 0 Å². The molecule has 3 heterocycles. The van der Waals surface area contributed by atoms with Gasteiger partial charge in [-0.3, -0.25) is 4.90 Å². The lowest BCUT2D eigenvalue weighted by Crippen LogP contribution is -2.41. The molecule has 0 aromatic rings. The van der Waals surface area contributed by atoms with Crippen LogP contribution in [0.15, 0.2) is 0 Å². The summed E-state index contributed by atoms with van der Waals surface area (Å²) in [5, 5.41) is 3.70. The van der Waals surface area contributed by atoms with E-state index in [2.05, 4.69) is 22.0 Å². The van der Waals surface area contributed by atoms with Crippen molar-refractivity contribution in [1.82, 2.24) is 10.2 Å². The molecule has 0 aromatic carbocycles. The Kier molecular flexibility index (Phi) is 3.23. The van der Waals surface area contributed by atoms with E-state index in [1.807, 2.05) is 0 Å². The first-order chi connectivity index (χ1) is 7.43. The molecule has 2 unspecified atom stereocenters. The van der Waals surface area contributed by atoms with Gasteiger partial charge >= 0.3 is 0 Å². The highest BCUT2D eigenvalue weighted by Gasteiger charge is 2.37. The van der Waals surface area contributed by atoms with Gasteiger partial charge in [-0.1, -0.05) is 0 Å². The van der Waals surface area contributed by atoms with E-state index in [0.717, 1.165) is 18.0 Å². The molecule has 0 aromatic heterocycles. The van der Waals surface area contributed by atoms with Crippen molar-refractivity contribution >= 4 is 11.8 Å². The number of thioether (sulfide) groups is 1. The molecule has 3 fully saturated rings. The number of piperidine rings is 1. The number of nitrogens with one attached hydrogen (secondary N) is 1. The fourth-order valence-electron chi connectivity index (χ4n) is 3.43. The van der Waals surface area contributed by atoms with Crippen molar-refractivity contribution in [2.75, 3.05) is 31.1 Å². The molecule has 3 aliphatic rings. The minimum absolute atomic E-state index is 0.827. The number of nitrogens with zero attached hydrogens (tertiary/aromatic N) is 1. The summed E-state index contributed by atoms with van der Waals surface area (Å²) in [7, 11) is 0. The first kappa shape index (κ1) is 10.4. The molecule has 0 amide bonds. The molecule has 3 rings (SSSR count). The van der Waals surface area contributed by atoms with Crippen LogP contribution in [0.5, 0.6) is 0 Å². The summed E-state index contributed by atoms with van der Waals surface area (Å²) < 4.78 is 0. The second-order valence-electron chi connectivity index (χ2n) is 5.26. The summed E-state index contributed by atoms with van der Waals surface area (Å²) >= 11 is 2.14. The van der Waals surface area contributed by atoms with Crippen molar-refractivity contribution in [3.05, 3.63) is 0 Å². The maximum absolute atomic E-state index is 3.70. The first-order valence-corrected chi connectivity index (χ1v) is 7.64. The highest BCUT2D eigenvalue weighted by atomic mass is 32.2. The maximum Gasteiger partial charge on any atom is 0.0235 e. The highest BCUT2D eigenvalue weighted by Crippen LogP contribution is 2.30. The Morgan fingerprint density at radius 3 is 2.73 bits per heavy atom. The van der Waals surface area contributed by atoms with Gasteiger partial charge in [-0.25, -0.2) is 0 Å². The van der Waals surface area contributed by atoms with Crippen LogP contribution in [0.4, 0.5) is 0 Å². The Balaban J connectivity index is 1.59. The van der Waals surface area contributed by atoms with Crippen LogP contribution in [0.2, 0.25) is 0 Å². The van der Waals surface area contributed by atoms with Gasteiger partial charge in [-0.15, -0.1) is 0 Å². The van der Waals surface area contributed by atoms with E-state index in [4.69, 9.17) is 0 Å². The van der Waals surface area contributed by atoms with Gasteiger partial charge in [0.2, 0.25) is 0 Å². The van der Waals surface area contributed by atoms with Crippen molar-refractivity contribution in [3.63, 3.8) is 0 Å². The van der Waals surface area contributed by atoms with Crippen molar-refractivity contribution in [2.45, 2.75) is 37.8 Å². The van der Waals surface area contributed by atoms with Gasteiger partial charge in [0.25, 0.3) is 0 Å². The van der Waals surface area contributed by atoms with Crippen LogP contribution in [0.25, 0.3) is 0 Å². The van der Waals surface area contributed by atoms with E-state index in [-0.39, 0.29) is 0 Å². The van der Waals surface area contributed by atoms with Crippen LogP contribution < -0.4 is 5.32 Å². The van der Waals surface area contributed by atoms with E-state index in [9.17, 15) is 0 Å². The monoisotopic (exact) mass is 226 g/mol. The molecule has 0 spiro atoms. The number of fused-ring (bicyclic) bond motifs is 1. The lowest BCUT2D eigenvalue weighted by atomic mass is 9.94. The highest BCUT2D eigenvalue weighted by molar-refractivity contribution is 7.99. The second-order valence-corrected chi connectivity index (χ2v) is 6.49. The third-order valence-electron chi connectivity index (χ3n) is 4.33. The van der Waals surface area contributed by atoms with Gasteiger partial charge in [-0.2, -0.15) is 11.8 Å². The van der Waals surface area contributed by atoms with Gasteiger partial charge in [0.05, 0.1) is 0 Å². The van der Waals surface area contributed by atoms with Gasteiger partial charge in [0, 0.05) is 25.2 Å². The fraction of sp³-hybridized carbons (Fsp3) is 1.00. The van der Waals surface area contributed by atoms with Crippen molar-refractivity contribution < 1.29 is 0 Å². The summed E-state index contributed by atoms with van der Waals surface area (Å²) in [6.07, 6.45) is 5.74. The van der Waals surface area contributed by atoms with Crippen LogP contribution in [0, 0.1) is 5.92 Å². The summed E-state index contributed by atoms with van der Waals surface area (Å²) in [6.45, 7) is 3.97. The second kappa shape index (κ2) is 4.64.